The SMILES string of the molecule is C=CCN(C(=O)C(C)NC(=O)OC(C)(C)C)C(C(=O)Nc1c(C)cccc1C)c1cccc(C)c1O. The number of aromatic hydroxyl groups is 1. The molecule has 0 aliphatic carbocycles. The summed E-state index contributed by atoms with van der Waals surface area (Å²) in [7, 11) is 0. The summed E-state index contributed by atoms with van der Waals surface area (Å²) >= 11 is 0. The number of anilines is 1. The van der Waals surface area contributed by atoms with Crippen LogP contribution in [-0.2, 0) is 14.3 Å². The molecule has 0 aliphatic heterocycles. The maximum atomic E-state index is 13.8. The molecular weight excluding hydrogens is 458 g/mol. The van der Waals surface area contributed by atoms with Crippen molar-refractivity contribution in [3.8, 4) is 5.75 Å². The van der Waals surface area contributed by atoms with Gasteiger partial charge in [-0.1, -0.05) is 42.5 Å². The molecule has 0 saturated carbocycles. The van der Waals surface area contributed by atoms with Gasteiger partial charge in [-0.3, -0.25) is 9.59 Å². The maximum Gasteiger partial charge on any atom is 0.408 e. The maximum absolute atomic E-state index is 13.8. The summed E-state index contributed by atoms with van der Waals surface area (Å²) in [6.45, 7) is 15.9. The fourth-order valence-corrected chi connectivity index (χ4v) is 3.81. The van der Waals surface area contributed by atoms with Gasteiger partial charge >= 0.3 is 6.09 Å². The molecule has 0 radical (unpaired) electrons. The van der Waals surface area contributed by atoms with E-state index in [4.69, 9.17) is 4.74 Å². The number of amides is 3. The average molecular weight is 496 g/mol. The first-order chi connectivity index (χ1) is 16.8. The van der Waals surface area contributed by atoms with Gasteiger partial charge in [0.25, 0.3) is 5.91 Å². The van der Waals surface area contributed by atoms with Gasteiger partial charge in [-0.15, -0.1) is 6.58 Å². The molecule has 2 aromatic carbocycles. The first-order valence-corrected chi connectivity index (χ1v) is 11.8. The number of benzene rings is 2. The lowest BCUT2D eigenvalue weighted by Crippen LogP contribution is -2.51. The van der Waals surface area contributed by atoms with Gasteiger partial charge in [-0.05, 0) is 65.2 Å². The standard InChI is InChI=1S/C28H37N3O5/c1-9-16-31(26(34)20(5)29-27(35)36-28(6,7)8)23(21-15-11-14-19(4)24(21)32)25(33)30-22-17(2)12-10-13-18(22)3/h9-15,20,23,32H,1,16H2,2-8H3,(H,29,35)(H,30,33). The summed E-state index contributed by atoms with van der Waals surface area (Å²) < 4.78 is 5.27. The molecule has 2 rings (SSSR count). The number of alkyl carbamates (subject to hydrolysis) is 1. The Morgan fingerprint density at radius 2 is 1.61 bits per heavy atom. The summed E-state index contributed by atoms with van der Waals surface area (Å²) in [6.07, 6.45) is 0.737. The predicted molar refractivity (Wildman–Crippen MR) is 141 cm³/mol. The number of rotatable bonds is 8. The molecule has 0 aromatic heterocycles. The molecule has 8 heteroatoms. The van der Waals surface area contributed by atoms with E-state index in [9.17, 15) is 19.5 Å². The largest absolute Gasteiger partial charge is 0.507 e. The van der Waals surface area contributed by atoms with E-state index in [1.54, 1.807) is 45.9 Å². The smallest absolute Gasteiger partial charge is 0.408 e. The van der Waals surface area contributed by atoms with Crippen molar-refractivity contribution < 1.29 is 24.2 Å². The minimum absolute atomic E-state index is 0.00258. The van der Waals surface area contributed by atoms with Crippen LogP contribution in [0.5, 0.6) is 5.75 Å². The Labute approximate surface area is 213 Å². The highest BCUT2D eigenvalue weighted by molar-refractivity contribution is 6.00. The van der Waals surface area contributed by atoms with Crippen LogP contribution in [-0.4, -0.2) is 46.1 Å². The van der Waals surface area contributed by atoms with Crippen molar-refractivity contribution in [1.29, 1.82) is 0 Å². The second kappa shape index (κ2) is 11.7. The van der Waals surface area contributed by atoms with Crippen LogP contribution in [0.3, 0.4) is 0 Å². The first kappa shape index (κ1) is 28.4. The molecular formula is C28H37N3O5. The highest BCUT2D eigenvalue weighted by atomic mass is 16.6. The zero-order valence-electron chi connectivity index (χ0n) is 22.1. The van der Waals surface area contributed by atoms with Crippen molar-refractivity contribution in [2.45, 2.75) is 66.2 Å². The molecule has 0 fully saturated rings. The van der Waals surface area contributed by atoms with E-state index in [-0.39, 0.29) is 17.9 Å². The van der Waals surface area contributed by atoms with E-state index in [2.05, 4.69) is 17.2 Å². The molecule has 3 amide bonds. The van der Waals surface area contributed by atoms with Crippen molar-refractivity contribution in [1.82, 2.24) is 10.2 Å². The number of para-hydroxylation sites is 2. The van der Waals surface area contributed by atoms with E-state index in [1.165, 1.54) is 17.9 Å². The van der Waals surface area contributed by atoms with E-state index in [0.717, 1.165) is 11.1 Å². The molecule has 2 aromatic rings. The van der Waals surface area contributed by atoms with Gasteiger partial charge in [0.15, 0.2) is 0 Å². The number of hydrogen-bond acceptors (Lipinski definition) is 5. The normalized spacial score (nSPS) is 12.8. The van der Waals surface area contributed by atoms with Crippen LogP contribution >= 0.6 is 0 Å². The minimum Gasteiger partial charge on any atom is -0.507 e. The Hall–Kier alpha value is -3.81. The van der Waals surface area contributed by atoms with Crippen molar-refractivity contribution in [3.63, 3.8) is 0 Å². The Bertz CT molecular complexity index is 1120. The van der Waals surface area contributed by atoms with Gasteiger partial charge in [-0.2, -0.15) is 0 Å². The van der Waals surface area contributed by atoms with E-state index in [0.29, 0.717) is 11.3 Å². The zero-order valence-corrected chi connectivity index (χ0v) is 22.1. The van der Waals surface area contributed by atoms with Gasteiger partial charge in [-0.25, -0.2) is 4.79 Å². The Morgan fingerprint density at radius 1 is 1.06 bits per heavy atom. The summed E-state index contributed by atoms with van der Waals surface area (Å²) in [4.78, 5) is 40.9. The summed E-state index contributed by atoms with van der Waals surface area (Å²) in [5.74, 6) is -1.13. The first-order valence-electron chi connectivity index (χ1n) is 11.8. The molecule has 3 N–H and O–H groups in total. The second-order valence-electron chi connectivity index (χ2n) is 9.82. The van der Waals surface area contributed by atoms with Crippen molar-refractivity contribution in [2.24, 2.45) is 0 Å². The predicted octanol–water partition coefficient (Wildman–Crippen LogP) is 4.93. The number of nitrogens with zero attached hydrogens (tertiary/aromatic N) is 1. The number of carbonyl (C=O) groups excluding carboxylic acids is 3. The number of aryl methyl sites for hydroxylation is 3. The lowest BCUT2D eigenvalue weighted by atomic mass is 9.98. The number of phenols is 1. The van der Waals surface area contributed by atoms with E-state index >= 15 is 0 Å². The van der Waals surface area contributed by atoms with Crippen molar-refractivity contribution in [2.75, 3.05) is 11.9 Å². The van der Waals surface area contributed by atoms with Gasteiger partial charge in [0.1, 0.15) is 23.4 Å². The van der Waals surface area contributed by atoms with Gasteiger partial charge in [0.05, 0.1) is 0 Å². The third-order valence-corrected chi connectivity index (χ3v) is 5.57. The molecule has 8 nitrogen and oxygen atoms in total. The van der Waals surface area contributed by atoms with Gasteiger partial charge < -0.3 is 25.4 Å². The molecule has 0 spiro atoms. The summed E-state index contributed by atoms with van der Waals surface area (Å²) in [5.41, 5.74) is 2.43. The van der Waals surface area contributed by atoms with Crippen LogP contribution < -0.4 is 10.6 Å². The van der Waals surface area contributed by atoms with Crippen LogP contribution in [0.1, 0.15) is 56.0 Å². The lowest BCUT2D eigenvalue weighted by Gasteiger charge is -2.33. The number of carbonyl (C=O) groups is 3. The molecule has 0 bridgehead atoms. The van der Waals surface area contributed by atoms with Crippen LogP contribution in [0, 0.1) is 20.8 Å². The van der Waals surface area contributed by atoms with E-state index in [1.807, 2.05) is 32.0 Å². The molecule has 0 aliphatic rings. The fraction of sp³-hybridized carbons (Fsp3) is 0.393. The monoisotopic (exact) mass is 495 g/mol. The number of ether oxygens (including phenoxy) is 1. The zero-order chi connectivity index (χ0) is 27.2. The van der Waals surface area contributed by atoms with E-state index < -0.39 is 35.6 Å². The molecule has 0 heterocycles. The quantitative estimate of drug-likeness (QED) is 0.450. The van der Waals surface area contributed by atoms with Crippen molar-refractivity contribution in [3.05, 3.63) is 71.3 Å². The van der Waals surface area contributed by atoms with Crippen LogP contribution in [0.4, 0.5) is 10.5 Å². The molecule has 0 saturated heterocycles. The highest BCUT2D eigenvalue weighted by Crippen LogP contribution is 2.33. The minimum atomic E-state index is -1.20. The number of phenolic OH excluding ortho intramolecular Hbond substituents is 1. The van der Waals surface area contributed by atoms with Crippen LogP contribution in [0.2, 0.25) is 0 Å². The molecule has 36 heavy (non-hydrogen) atoms. The summed E-state index contributed by atoms with van der Waals surface area (Å²) in [5, 5.41) is 16.3. The lowest BCUT2D eigenvalue weighted by molar-refractivity contribution is -0.139. The summed E-state index contributed by atoms with van der Waals surface area (Å²) in [6, 6.07) is 8.46. The molecule has 194 valence electrons. The Morgan fingerprint density at radius 3 is 2.17 bits per heavy atom. The third-order valence-electron chi connectivity index (χ3n) is 5.57. The number of nitrogens with one attached hydrogen (secondary N) is 2. The highest BCUT2D eigenvalue weighted by Gasteiger charge is 2.36. The third kappa shape index (κ3) is 7.10. The van der Waals surface area contributed by atoms with Crippen LogP contribution in [0.15, 0.2) is 49.1 Å². The van der Waals surface area contributed by atoms with Crippen LogP contribution in [0.25, 0.3) is 0 Å². The second-order valence-corrected chi connectivity index (χ2v) is 9.82. The Kier molecular flexibility index (Phi) is 9.28. The van der Waals surface area contributed by atoms with Gasteiger partial charge in [0.2, 0.25) is 5.91 Å². The average Bonchev–Trinajstić information content (AvgIpc) is 2.77. The topological polar surface area (TPSA) is 108 Å². The Balaban J connectivity index is 2.51. The number of hydrogen-bond donors (Lipinski definition) is 3. The molecule has 2 atom stereocenters. The van der Waals surface area contributed by atoms with Crippen molar-refractivity contribution >= 4 is 23.6 Å². The molecule has 2 unspecified atom stereocenters. The van der Waals surface area contributed by atoms with Gasteiger partial charge in [0, 0.05) is 17.8 Å². The fourth-order valence-electron chi connectivity index (χ4n) is 3.81.